The van der Waals surface area contributed by atoms with Crippen LogP contribution in [0.25, 0.3) is 16.3 Å². The summed E-state index contributed by atoms with van der Waals surface area (Å²) >= 11 is 0. The molecule has 180 valence electrons. The zero-order valence-corrected chi connectivity index (χ0v) is 20.1. The molecule has 1 saturated heterocycles. The van der Waals surface area contributed by atoms with Crippen molar-refractivity contribution in [1.29, 1.82) is 0 Å². The molecule has 0 saturated carbocycles. The summed E-state index contributed by atoms with van der Waals surface area (Å²) in [6.45, 7) is 1.88. The molecule has 0 radical (unpaired) electrons. The maximum atomic E-state index is 14.1. The number of carbonyl (C=O) groups excluding carboxylic acids is 3. The van der Waals surface area contributed by atoms with Gasteiger partial charge in [0.25, 0.3) is 0 Å². The molecule has 2 amide bonds. The van der Waals surface area contributed by atoms with Gasteiger partial charge in [0.15, 0.2) is 0 Å². The lowest BCUT2D eigenvalue weighted by atomic mass is 9.64. The Balaban J connectivity index is 1.48. The maximum Gasteiger partial charge on any atom is 0.319 e. The number of anilines is 1. The lowest BCUT2D eigenvalue weighted by molar-refractivity contribution is -0.142. The van der Waals surface area contributed by atoms with Crippen LogP contribution in [0.4, 0.5) is 5.69 Å². The largest absolute Gasteiger partial charge is 0.425 e. The highest BCUT2D eigenvalue weighted by Crippen LogP contribution is 2.55. The van der Waals surface area contributed by atoms with Gasteiger partial charge in [-0.1, -0.05) is 84.9 Å². The molecule has 0 bridgehead atoms. The van der Waals surface area contributed by atoms with Gasteiger partial charge in [-0.25, -0.2) is 4.90 Å². The van der Waals surface area contributed by atoms with Gasteiger partial charge in [-0.15, -0.1) is 0 Å². The molecule has 0 unspecified atom stereocenters. The number of aryl methyl sites for hydroxylation is 1. The summed E-state index contributed by atoms with van der Waals surface area (Å²) in [7, 11) is 0. The molecule has 4 aromatic carbocycles. The zero-order chi connectivity index (χ0) is 25.3. The van der Waals surface area contributed by atoms with E-state index in [0.717, 1.165) is 33.0 Å². The van der Waals surface area contributed by atoms with Gasteiger partial charge in [0.2, 0.25) is 11.8 Å². The summed E-state index contributed by atoms with van der Waals surface area (Å²) in [5.74, 6) is -3.38. The Morgan fingerprint density at radius 1 is 0.730 bits per heavy atom. The first-order valence-electron chi connectivity index (χ1n) is 12.5. The average molecular weight is 486 g/mol. The summed E-state index contributed by atoms with van der Waals surface area (Å²) in [6, 6.07) is 28.9. The first kappa shape index (κ1) is 21.7. The van der Waals surface area contributed by atoms with Crippen molar-refractivity contribution < 1.29 is 19.1 Å². The van der Waals surface area contributed by atoms with Gasteiger partial charge in [0.1, 0.15) is 5.75 Å². The number of rotatable bonds is 2. The van der Waals surface area contributed by atoms with Crippen molar-refractivity contribution in [3.8, 4) is 5.75 Å². The van der Waals surface area contributed by atoms with Crippen molar-refractivity contribution in [2.75, 3.05) is 4.90 Å². The van der Waals surface area contributed by atoms with Crippen molar-refractivity contribution in [3.63, 3.8) is 0 Å². The molecule has 2 aliphatic heterocycles. The quantitative estimate of drug-likeness (QED) is 0.209. The summed E-state index contributed by atoms with van der Waals surface area (Å²) in [5.41, 5.74) is 3.93. The minimum absolute atomic E-state index is 0.273. The Morgan fingerprint density at radius 2 is 1.43 bits per heavy atom. The molecule has 37 heavy (non-hydrogen) atoms. The van der Waals surface area contributed by atoms with Crippen molar-refractivity contribution in [1.82, 2.24) is 0 Å². The van der Waals surface area contributed by atoms with E-state index in [9.17, 15) is 14.4 Å². The molecule has 1 aliphatic carbocycles. The van der Waals surface area contributed by atoms with Gasteiger partial charge >= 0.3 is 5.97 Å². The molecule has 3 aliphatic rings. The van der Waals surface area contributed by atoms with Crippen molar-refractivity contribution in [2.45, 2.75) is 12.8 Å². The predicted molar refractivity (Wildman–Crippen MR) is 141 cm³/mol. The Hall–Kier alpha value is -4.51. The molecule has 2 heterocycles. The second-order valence-corrected chi connectivity index (χ2v) is 9.97. The van der Waals surface area contributed by atoms with Crippen LogP contribution >= 0.6 is 0 Å². The topological polar surface area (TPSA) is 63.7 Å². The molecule has 5 nitrogen and oxygen atoms in total. The van der Waals surface area contributed by atoms with E-state index < -0.39 is 23.7 Å². The van der Waals surface area contributed by atoms with Gasteiger partial charge in [0, 0.05) is 11.5 Å². The standard InChI is InChI=1S/C32H23NO4/c1-18-9-5-8-14-24(18)33-30(34)27-22(19-10-3-2-4-11-19)17-23-26-21-13-7-6-12-20(21)15-16-25(26)37-32(36)28(23)29(27)31(33)35/h2-17,22,27-29H,1H3/t22-,27-,28-,29+/m1/s1. The molecule has 7 rings (SSSR count). The number of fused-ring (bicyclic) bond motifs is 7. The number of nitrogens with zero attached hydrogens (tertiary/aromatic N) is 1. The number of imide groups is 1. The second kappa shape index (κ2) is 8.00. The van der Waals surface area contributed by atoms with Crippen LogP contribution in [0.15, 0.2) is 97.1 Å². The van der Waals surface area contributed by atoms with E-state index in [2.05, 4.69) is 0 Å². The highest BCUT2D eigenvalue weighted by atomic mass is 16.5. The Morgan fingerprint density at radius 3 is 2.24 bits per heavy atom. The monoisotopic (exact) mass is 485 g/mol. The van der Waals surface area contributed by atoms with E-state index in [-0.39, 0.29) is 17.7 Å². The van der Waals surface area contributed by atoms with Gasteiger partial charge < -0.3 is 4.74 Å². The smallest absolute Gasteiger partial charge is 0.319 e. The predicted octanol–water partition coefficient (Wildman–Crippen LogP) is 5.67. The molecular formula is C32H23NO4. The molecule has 0 aromatic heterocycles. The number of benzene rings is 4. The summed E-state index contributed by atoms with van der Waals surface area (Å²) in [6.07, 6.45) is 2.04. The fraction of sp³-hybridized carbons (Fsp3) is 0.156. The first-order chi connectivity index (χ1) is 18.0. The number of carbonyl (C=O) groups is 3. The number of esters is 1. The molecule has 1 fully saturated rings. The van der Waals surface area contributed by atoms with E-state index in [1.807, 2.05) is 97.9 Å². The summed E-state index contributed by atoms with van der Waals surface area (Å²) in [5, 5.41) is 1.98. The van der Waals surface area contributed by atoms with Crippen LogP contribution in [-0.2, 0) is 14.4 Å². The Kier molecular flexibility index (Phi) is 4.70. The highest BCUT2D eigenvalue weighted by Gasteiger charge is 2.60. The van der Waals surface area contributed by atoms with Gasteiger partial charge in [-0.2, -0.15) is 0 Å². The third kappa shape index (κ3) is 3.07. The average Bonchev–Trinajstić information content (AvgIpc) is 3.18. The van der Waals surface area contributed by atoms with Crippen molar-refractivity contribution >= 4 is 39.8 Å². The number of hydrogen-bond acceptors (Lipinski definition) is 4. The van der Waals surface area contributed by atoms with E-state index in [0.29, 0.717) is 11.4 Å². The fourth-order valence-corrected chi connectivity index (χ4v) is 6.38. The van der Waals surface area contributed by atoms with E-state index in [1.165, 1.54) is 4.90 Å². The van der Waals surface area contributed by atoms with E-state index in [1.54, 1.807) is 6.07 Å². The molecule has 4 aromatic rings. The van der Waals surface area contributed by atoms with E-state index >= 15 is 0 Å². The van der Waals surface area contributed by atoms with Gasteiger partial charge in [0.05, 0.1) is 23.4 Å². The van der Waals surface area contributed by atoms with Crippen LogP contribution in [0.5, 0.6) is 5.75 Å². The van der Waals surface area contributed by atoms with Gasteiger partial charge in [-0.3, -0.25) is 14.4 Å². The molecule has 0 spiro atoms. The van der Waals surface area contributed by atoms with Crippen LogP contribution in [0.1, 0.15) is 22.6 Å². The van der Waals surface area contributed by atoms with Crippen LogP contribution in [0.3, 0.4) is 0 Å². The first-order valence-corrected chi connectivity index (χ1v) is 12.5. The van der Waals surface area contributed by atoms with Gasteiger partial charge in [-0.05, 0) is 46.5 Å². The lowest BCUT2D eigenvalue weighted by Gasteiger charge is -2.38. The normalized spacial score (nSPS) is 24.3. The minimum atomic E-state index is -0.853. The molecule has 4 atom stereocenters. The summed E-state index contributed by atoms with van der Waals surface area (Å²) < 4.78 is 5.85. The SMILES string of the molecule is Cc1ccccc1N1C(=O)[C@@H]2[C@@H]3C(=O)Oc4ccc5ccccc5c4C3=C[C@H](c3ccccc3)[C@H]2C1=O. The highest BCUT2D eigenvalue weighted by molar-refractivity contribution is 6.25. The molecular weight excluding hydrogens is 462 g/mol. The van der Waals surface area contributed by atoms with Crippen molar-refractivity contribution in [2.24, 2.45) is 17.8 Å². The number of ether oxygens (including phenoxy) is 1. The van der Waals surface area contributed by atoms with Crippen LogP contribution < -0.4 is 9.64 Å². The summed E-state index contributed by atoms with van der Waals surface area (Å²) in [4.78, 5) is 43.0. The number of allylic oxidation sites excluding steroid dienone is 1. The number of hydrogen-bond donors (Lipinski definition) is 0. The van der Waals surface area contributed by atoms with Crippen LogP contribution in [0, 0.1) is 24.7 Å². The second-order valence-electron chi connectivity index (χ2n) is 9.97. The number of para-hydroxylation sites is 1. The fourth-order valence-electron chi connectivity index (χ4n) is 6.38. The van der Waals surface area contributed by atoms with Crippen LogP contribution in [-0.4, -0.2) is 17.8 Å². The Labute approximate surface area is 214 Å². The van der Waals surface area contributed by atoms with Crippen LogP contribution in [0.2, 0.25) is 0 Å². The zero-order valence-electron chi connectivity index (χ0n) is 20.1. The maximum absolute atomic E-state index is 14.1. The molecule has 0 N–H and O–H groups in total. The Bertz CT molecular complexity index is 1650. The van der Waals surface area contributed by atoms with Crippen molar-refractivity contribution in [3.05, 3.63) is 114 Å². The number of amides is 2. The minimum Gasteiger partial charge on any atom is -0.425 e. The third-order valence-corrected chi connectivity index (χ3v) is 8.02. The third-order valence-electron chi connectivity index (χ3n) is 8.02. The molecule has 5 heteroatoms. The van der Waals surface area contributed by atoms with E-state index in [4.69, 9.17) is 4.74 Å². The lowest BCUT2D eigenvalue weighted by Crippen LogP contribution is -2.42.